The summed E-state index contributed by atoms with van der Waals surface area (Å²) in [5.41, 5.74) is 9.25. The van der Waals surface area contributed by atoms with E-state index in [1.165, 1.54) is 0 Å². The minimum atomic E-state index is 0.162. The third-order valence-corrected chi connectivity index (χ3v) is 3.58. The molecule has 2 aromatic rings. The molecular formula is C15H23N5. The summed E-state index contributed by atoms with van der Waals surface area (Å²) >= 11 is 0. The van der Waals surface area contributed by atoms with E-state index in [9.17, 15) is 0 Å². The molecule has 0 spiro atoms. The normalized spacial score (nSPS) is 12.8. The van der Waals surface area contributed by atoms with E-state index >= 15 is 0 Å². The molecule has 0 saturated carbocycles. The van der Waals surface area contributed by atoms with Gasteiger partial charge in [-0.05, 0) is 25.6 Å². The second kappa shape index (κ2) is 6.63. The zero-order chi connectivity index (χ0) is 14.5. The van der Waals surface area contributed by atoms with Crippen LogP contribution in [0.3, 0.4) is 0 Å². The molecule has 0 aliphatic heterocycles. The number of pyridine rings is 1. The number of imidazole rings is 1. The van der Waals surface area contributed by atoms with Gasteiger partial charge >= 0.3 is 0 Å². The Bertz CT molecular complexity index is 549. The summed E-state index contributed by atoms with van der Waals surface area (Å²) in [6, 6.07) is 6.29. The molecule has 5 heteroatoms. The maximum Gasteiger partial charge on any atom is 0.0946 e. The molecule has 2 aromatic heterocycles. The van der Waals surface area contributed by atoms with Crippen molar-refractivity contribution < 1.29 is 0 Å². The van der Waals surface area contributed by atoms with Crippen molar-refractivity contribution in [3.8, 4) is 0 Å². The number of hydrogen-bond donors (Lipinski definition) is 1. The minimum Gasteiger partial charge on any atom is -0.336 e. The number of hydrogen-bond acceptors (Lipinski definition) is 4. The first-order valence-corrected chi connectivity index (χ1v) is 6.98. The van der Waals surface area contributed by atoms with Crippen molar-refractivity contribution in [2.24, 2.45) is 12.8 Å². The molecule has 0 aliphatic carbocycles. The lowest BCUT2D eigenvalue weighted by atomic mass is 10.1. The largest absolute Gasteiger partial charge is 0.336 e. The van der Waals surface area contributed by atoms with Gasteiger partial charge in [0.25, 0.3) is 0 Å². The predicted molar refractivity (Wildman–Crippen MR) is 80.1 cm³/mol. The van der Waals surface area contributed by atoms with E-state index in [0.29, 0.717) is 6.54 Å². The van der Waals surface area contributed by atoms with Crippen molar-refractivity contribution in [2.45, 2.75) is 26.4 Å². The van der Waals surface area contributed by atoms with Crippen molar-refractivity contribution in [1.29, 1.82) is 0 Å². The Morgan fingerprint density at radius 3 is 2.75 bits per heavy atom. The quantitative estimate of drug-likeness (QED) is 0.869. The molecule has 0 bridgehead atoms. The van der Waals surface area contributed by atoms with Crippen LogP contribution in [0.25, 0.3) is 0 Å². The predicted octanol–water partition coefficient (Wildman–Crippen LogP) is 1.65. The van der Waals surface area contributed by atoms with E-state index in [1.807, 2.05) is 43.2 Å². The van der Waals surface area contributed by atoms with E-state index in [0.717, 1.165) is 30.2 Å². The van der Waals surface area contributed by atoms with Crippen molar-refractivity contribution in [3.05, 3.63) is 47.8 Å². The summed E-state index contributed by atoms with van der Waals surface area (Å²) in [4.78, 5) is 11.1. The summed E-state index contributed by atoms with van der Waals surface area (Å²) < 4.78 is 2.03. The highest BCUT2D eigenvalue weighted by Crippen LogP contribution is 2.20. The fourth-order valence-corrected chi connectivity index (χ4v) is 2.48. The molecule has 20 heavy (non-hydrogen) atoms. The fraction of sp³-hybridized carbons (Fsp3) is 0.467. The molecule has 0 radical (unpaired) electrons. The second-order valence-electron chi connectivity index (χ2n) is 5.01. The summed E-state index contributed by atoms with van der Waals surface area (Å²) in [6.45, 7) is 6.45. The number of nitrogens with two attached hydrogens (primary N) is 1. The van der Waals surface area contributed by atoms with Crippen LogP contribution < -0.4 is 5.73 Å². The van der Waals surface area contributed by atoms with Crippen LogP contribution in [-0.2, 0) is 13.6 Å². The number of aryl methyl sites for hydroxylation is 2. The molecule has 5 nitrogen and oxygen atoms in total. The number of nitrogens with zero attached hydrogens (tertiary/aromatic N) is 4. The lowest BCUT2D eigenvalue weighted by molar-refractivity contribution is 0.194. The molecule has 1 unspecified atom stereocenters. The van der Waals surface area contributed by atoms with Gasteiger partial charge in [-0.3, -0.25) is 9.88 Å². The van der Waals surface area contributed by atoms with Gasteiger partial charge in [0.05, 0.1) is 23.8 Å². The van der Waals surface area contributed by atoms with Gasteiger partial charge in [0, 0.05) is 32.0 Å². The molecular weight excluding hydrogens is 250 g/mol. The van der Waals surface area contributed by atoms with Gasteiger partial charge in [0.1, 0.15) is 0 Å². The standard InChI is InChI=1S/C15H23N5/c1-4-20(10-13-7-5-6-12(2)18-13)14(8-16)15-9-17-11-19(15)3/h5-7,9,11,14H,4,8,10,16H2,1-3H3. The van der Waals surface area contributed by atoms with Crippen molar-refractivity contribution in [3.63, 3.8) is 0 Å². The Balaban J connectivity index is 2.20. The van der Waals surface area contributed by atoms with E-state index in [2.05, 4.69) is 27.9 Å². The van der Waals surface area contributed by atoms with Crippen LogP contribution in [0.15, 0.2) is 30.7 Å². The summed E-state index contributed by atoms with van der Waals surface area (Å²) in [6.07, 6.45) is 3.71. The third kappa shape index (κ3) is 3.23. The van der Waals surface area contributed by atoms with Crippen LogP contribution in [-0.4, -0.2) is 32.5 Å². The monoisotopic (exact) mass is 273 g/mol. The number of rotatable bonds is 6. The molecule has 0 amide bonds. The van der Waals surface area contributed by atoms with Gasteiger partial charge in [-0.2, -0.15) is 0 Å². The molecule has 1 atom stereocenters. The highest BCUT2D eigenvalue weighted by molar-refractivity contribution is 5.11. The molecule has 0 fully saturated rings. The molecule has 2 rings (SSSR count). The van der Waals surface area contributed by atoms with E-state index in [1.54, 1.807) is 0 Å². The lowest BCUT2D eigenvalue weighted by Gasteiger charge is -2.29. The maximum atomic E-state index is 5.99. The van der Waals surface area contributed by atoms with Gasteiger partial charge < -0.3 is 10.3 Å². The highest BCUT2D eigenvalue weighted by Gasteiger charge is 2.20. The first kappa shape index (κ1) is 14.7. The molecule has 108 valence electrons. The summed E-state index contributed by atoms with van der Waals surface area (Å²) in [5, 5.41) is 0. The minimum absolute atomic E-state index is 0.162. The molecule has 2 heterocycles. The van der Waals surface area contributed by atoms with Crippen LogP contribution in [0.1, 0.15) is 30.0 Å². The Kier molecular flexibility index (Phi) is 4.87. The Labute approximate surface area is 120 Å². The third-order valence-electron chi connectivity index (χ3n) is 3.58. The lowest BCUT2D eigenvalue weighted by Crippen LogP contribution is -2.34. The number of aromatic nitrogens is 3. The molecule has 0 saturated heterocycles. The number of likely N-dealkylation sites (N-methyl/N-ethyl adjacent to an activating group) is 1. The SMILES string of the molecule is CCN(Cc1cccc(C)n1)C(CN)c1cncn1C. The van der Waals surface area contributed by atoms with Gasteiger partial charge in [-0.15, -0.1) is 0 Å². The molecule has 0 aliphatic rings. The Hall–Kier alpha value is -1.72. The van der Waals surface area contributed by atoms with E-state index < -0.39 is 0 Å². The second-order valence-corrected chi connectivity index (χ2v) is 5.01. The van der Waals surface area contributed by atoms with Crippen LogP contribution in [0.2, 0.25) is 0 Å². The van der Waals surface area contributed by atoms with Crippen LogP contribution in [0, 0.1) is 6.92 Å². The van der Waals surface area contributed by atoms with Crippen LogP contribution in [0.5, 0.6) is 0 Å². The zero-order valence-corrected chi connectivity index (χ0v) is 12.5. The Morgan fingerprint density at radius 1 is 1.40 bits per heavy atom. The smallest absolute Gasteiger partial charge is 0.0946 e. The average Bonchev–Trinajstić information content (AvgIpc) is 2.85. The molecule has 0 aromatic carbocycles. The highest BCUT2D eigenvalue weighted by atomic mass is 15.2. The first-order valence-electron chi connectivity index (χ1n) is 6.98. The van der Waals surface area contributed by atoms with Crippen molar-refractivity contribution in [2.75, 3.05) is 13.1 Å². The van der Waals surface area contributed by atoms with Crippen LogP contribution in [0.4, 0.5) is 0 Å². The van der Waals surface area contributed by atoms with Gasteiger partial charge in [-0.25, -0.2) is 4.98 Å². The topological polar surface area (TPSA) is 60.0 Å². The molecule has 2 N–H and O–H groups in total. The first-order chi connectivity index (χ1) is 9.65. The fourth-order valence-electron chi connectivity index (χ4n) is 2.48. The van der Waals surface area contributed by atoms with Crippen LogP contribution >= 0.6 is 0 Å². The van der Waals surface area contributed by atoms with Gasteiger partial charge in [0.15, 0.2) is 0 Å². The Morgan fingerprint density at radius 2 is 2.20 bits per heavy atom. The summed E-state index contributed by atoms with van der Waals surface area (Å²) in [7, 11) is 2.00. The van der Waals surface area contributed by atoms with Crippen molar-refractivity contribution in [1.82, 2.24) is 19.4 Å². The van der Waals surface area contributed by atoms with Gasteiger partial charge in [-0.1, -0.05) is 13.0 Å². The van der Waals surface area contributed by atoms with Crippen molar-refractivity contribution >= 4 is 0 Å². The maximum absolute atomic E-state index is 5.99. The zero-order valence-electron chi connectivity index (χ0n) is 12.5. The summed E-state index contributed by atoms with van der Waals surface area (Å²) in [5.74, 6) is 0. The average molecular weight is 273 g/mol. The van der Waals surface area contributed by atoms with E-state index in [-0.39, 0.29) is 6.04 Å². The van der Waals surface area contributed by atoms with E-state index in [4.69, 9.17) is 5.73 Å². The van der Waals surface area contributed by atoms with Gasteiger partial charge in [0.2, 0.25) is 0 Å².